The normalized spacial score (nSPS) is 11.0. The second-order valence-electron chi connectivity index (χ2n) is 4.96. The van der Waals surface area contributed by atoms with Crippen molar-refractivity contribution in [1.82, 2.24) is 0 Å². The van der Waals surface area contributed by atoms with E-state index in [1.165, 1.54) is 7.11 Å². The van der Waals surface area contributed by atoms with E-state index in [-0.39, 0.29) is 5.91 Å². The van der Waals surface area contributed by atoms with Crippen molar-refractivity contribution < 1.29 is 19.1 Å². The number of nitriles is 1. The molecule has 24 heavy (non-hydrogen) atoms. The number of nitrogens with one attached hydrogen (secondary N) is 1. The lowest BCUT2D eigenvalue weighted by Gasteiger charge is -2.15. The van der Waals surface area contributed by atoms with Gasteiger partial charge < -0.3 is 14.8 Å². The van der Waals surface area contributed by atoms with Gasteiger partial charge in [0.2, 0.25) is 0 Å². The first-order chi connectivity index (χ1) is 11.5. The monoisotopic (exact) mass is 324 g/mol. The molecule has 1 amide bonds. The number of benzene rings is 2. The topological polar surface area (TPSA) is 88.4 Å². The number of carbonyl (C=O) groups excluding carboxylic acids is 2. The Kier molecular flexibility index (Phi) is 5.53. The number of amides is 1. The first kappa shape index (κ1) is 17.0. The van der Waals surface area contributed by atoms with E-state index < -0.39 is 12.1 Å². The second-order valence-corrected chi connectivity index (χ2v) is 4.96. The van der Waals surface area contributed by atoms with Crippen LogP contribution in [0.15, 0.2) is 48.5 Å². The minimum atomic E-state index is -0.750. The SMILES string of the molecule is COC(=O)c1ccc(O[C@H](C)C(=O)Nc2cccc(C#N)c2)cc1. The molecule has 1 atom stereocenters. The third-order valence-electron chi connectivity index (χ3n) is 3.22. The van der Waals surface area contributed by atoms with Gasteiger partial charge in [-0.05, 0) is 49.4 Å². The summed E-state index contributed by atoms with van der Waals surface area (Å²) in [4.78, 5) is 23.5. The molecule has 2 aromatic carbocycles. The summed E-state index contributed by atoms with van der Waals surface area (Å²) in [6, 6.07) is 14.9. The van der Waals surface area contributed by atoms with Crippen LogP contribution < -0.4 is 10.1 Å². The molecule has 6 nitrogen and oxygen atoms in total. The number of rotatable bonds is 5. The molecular formula is C18H16N2O4. The second kappa shape index (κ2) is 7.79. The van der Waals surface area contributed by atoms with Gasteiger partial charge in [-0.1, -0.05) is 6.07 Å². The first-order valence-electron chi connectivity index (χ1n) is 7.19. The summed E-state index contributed by atoms with van der Waals surface area (Å²) in [6.45, 7) is 1.61. The highest BCUT2D eigenvalue weighted by atomic mass is 16.5. The number of esters is 1. The molecule has 2 aromatic rings. The Morgan fingerprint density at radius 3 is 2.50 bits per heavy atom. The summed E-state index contributed by atoms with van der Waals surface area (Å²) >= 11 is 0. The van der Waals surface area contributed by atoms with Crippen LogP contribution in [0.4, 0.5) is 5.69 Å². The Morgan fingerprint density at radius 1 is 1.17 bits per heavy atom. The van der Waals surface area contributed by atoms with Gasteiger partial charge in [0, 0.05) is 5.69 Å². The number of methoxy groups -OCH3 is 1. The fourth-order valence-corrected chi connectivity index (χ4v) is 1.96. The molecule has 0 saturated heterocycles. The van der Waals surface area contributed by atoms with Crippen LogP contribution in [0.25, 0.3) is 0 Å². The van der Waals surface area contributed by atoms with Gasteiger partial charge in [0.25, 0.3) is 5.91 Å². The van der Waals surface area contributed by atoms with Crippen LogP contribution in [-0.2, 0) is 9.53 Å². The van der Waals surface area contributed by atoms with Gasteiger partial charge in [0.1, 0.15) is 5.75 Å². The van der Waals surface area contributed by atoms with E-state index in [0.717, 1.165) is 0 Å². The lowest BCUT2D eigenvalue weighted by Crippen LogP contribution is -2.30. The van der Waals surface area contributed by atoms with Crippen LogP contribution in [0.2, 0.25) is 0 Å². The molecule has 0 fully saturated rings. The van der Waals surface area contributed by atoms with Crippen LogP contribution in [0.1, 0.15) is 22.8 Å². The van der Waals surface area contributed by atoms with Gasteiger partial charge in [0.15, 0.2) is 6.10 Å². The Hall–Kier alpha value is -3.33. The smallest absolute Gasteiger partial charge is 0.337 e. The van der Waals surface area contributed by atoms with E-state index in [1.807, 2.05) is 6.07 Å². The summed E-state index contributed by atoms with van der Waals surface area (Å²) in [5.41, 5.74) is 1.38. The highest BCUT2D eigenvalue weighted by Crippen LogP contribution is 2.16. The molecule has 0 spiro atoms. The number of hydrogen-bond donors (Lipinski definition) is 1. The highest BCUT2D eigenvalue weighted by Gasteiger charge is 2.15. The van der Waals surface area contributed by atoms with Crippen molar-refractivity contribution in [2.75, 3.05) is 12.4 Å². The highest BCUT2D eigenvalue weighted by molar-refractivity contribution is 5.94. The van der Waals surface area contributed by atoms with E-state index >= 15 is 0 Å². The van der Waals surface area contributed by atoms with E-state index in [2.05, 4.69) is 10.1 Å². The molecule has 0 saturated carbocycles. The molecule has 2 rings (SSSR count). The first-order valence-corrected chi connectivity index (χ1v) is 7.19. The average Bonchev–Trinajstić information content (AvgIpc) is 2.61. The van der Waals surface area contributed by atoms with Crippen molar-refractivity contribution in [2.24, 2.45) is 0 Å². The van der Waals surface area contributed by atoms with Crippen molar-refractivity contribution >= 4 is 17.6 Å². The molecule has 0 heterocycles. The zero-order chi connectivity index (χ0) is 17.5. The van der Waals surface area contributed by atoms with Gasteiger partial charge in [-0.3, -0.25) is 4.79 Å². The molecular weight excluding hydrogens is 308 g/mol. The third kappa shape index (κ3) is 4.34. The zero-order valence-corrected chi connectivity index (χ0v) is 13.3. The molecule has 6 heteroatoms. The van der Waals surface area contributed by atoms with Crippen LogP contribution >= 0.6 is 0 Å². The maximum absolute atomic E-state index is 12.1. The Bertz CT molecular complexity index is 778. The Balaban J connectivity index is 1.98. The molecule has 122 valence electrons. The average molecular weight is 324 g/mol. The predicted octanol–water partition coefficient (Wildman–Crippen LogP) is 2.75. The predicted molar refractivity (Wildman–Crippen MR) is 87.7 cm³/mol. The van der Waals surface area contributed by atoms with E-state index in [1.54, 1.807) is 55.5 Å². The third-order valence-corrected chi connectivity index (χ3v) is 3.22. The molecule has 0 aliphatic heterocycles. The fraction of sp³-hybridized carbons (Fsp3) is 0.167. The van der Waals surface area contributed by atoms with Gasteiger partial charge in [-0.15, -0.1) is 0 Å². The van der Waals surface area contributed by atoms with Crippen molar-refractivity contribution in [3.63, 3.8) is 0 Å². The van der Waals surface area contributed by atoms with E-state index in [9.17, 15) is 9.59 Å². The molecule has 0 bridgehead atoms. The number of hydrogen-bond acceptors (Lipinski definition) is 5. The summed E-state index contributed by atoms with van der Waals surface area (Å²) < 4.78 is 10.2. The van der Waals surface area contributed by atoms with Gasteiger partial charge >= 0.3 is 5.97 Å². The van der Waals surface area contributed by atoms with Crippen molar-refractivity contribution in [3.05, 3.63) is 59.7 Å². The van der Waals surface area contributed by atoms with Crippen molar-refractivity contribution in [3.8, 4) is 11.8 Å². The largest absolute Gasteiger partial charge is 0.481 e. The van der Waals surface area contributed by atoms with Gasteiger partial charge in [-0.25, -0.2) is 4.79 Å². The molecule has 0 radical (unpaired) electrons. The quantitative estimate of drug-likeness (QED) is 0.854. The minimum absolute atomic E-state index is 0.345. The van der Waals surface area contributed by atoms with Gasteiger partial charge in [0.05, 0.1) is 24.3 Å². The standard InChI is InChI=1S/C18H16N2O4/c1-12(17(21)20-15-5-3-4-13(10-15)11-19)24-16-8-6-14(7-9-16)18(22)23-2/h3-10,12H,1-2H3,(H,20,21)/t12-/m1/s1. The van der Waals surface area contributed by atoms with Crippen LogP contribution in [0.5, 0.6) is 5.75 Å². The van der Waals surface area contributed by atoms with E-state index in [4.69, 9.17) is 10.00 Å². The summed E-state index contributed by atoms with van der Waals surface area (Å²) in [5.74, 6) is -0.331. The molecule has 0 aromatic heterocycles. The Morgan fingerprint density at radius 2 is 1.88 bits per heavy atom. The fourth-order valence-electron chi connectivity index (χ4n) is 1.96. The number of anilines is 1. The van der Waals surface area contributed by atoms with E-state index in [0.29, 0.717) is 22.6 Å². The zero-order valence-electron chi connectivity index (χ0n) is 13.3. The van der Waals surface area contributed by atoms with Crippen molar-refractivity contribution in [2.45, 2.75) is 13.0 Å². The Labute approximate surface area is 139 Å². The summed E-state index contributed by atoms with van der Waals surface area (Å²) in [6.07, 6.45) is -0.750. The lowest BCUT2D eigenvalue weighted by atomic mass is 10.2. The molecule has 1 N–H and O–H groups in total. The van der Waals surface area contributed by atoms with Crippen molar-refractivity contribution in [1.29, 1.82) is 5.26 Å². The summed E-state index contributed by atoms with van der Waals surface area (Å²) in [5, 5.41) is 11.5. The van der Waals surface area contributed by atoms with Gasteiger partial charge in [-0.2, -0.15) is 5.26 Å². The number of carbonyl (C=O) groups is 2. The lowest BCUT2D eigenvalue weighted by molar-refractivity contribution is -0.122. The summed E-state index contributed by atoms with van der Waals surface area (Å²) in [7, 11) is 1.31. The maximum Gasteiger partial charge on any atom is 0.337 e. The maximum atomic E-state index is 12.1. The van der Waals surface area contributed by atoms with Crippen LogP contribution in [0.3, 0.4) is 0 Å². The molecule has 0 unspecified atom stereocenters. The number of nitrogens with zero attached hydrogens (tertiary/aromatic N) is 1. The molecule has 0 aliphatic carbocycles. The van der Waals surface area contributed by atoms with Crippen LogP contribution in [0, 0.1) is 11.3 Å². The number of ether oxygens (including phenoxy) is 2. The molecule has 0 aliphatic rings. The minimum Gasteiger partial charge on any atom is -0.481 e. The van der Waals surface area contributed by atoms with Crippen LogP contribution in [-0.4, -0.2) is 25.1 Å².